The van der Waals surface area contributed by atoms with Gasteiger partial charge in [-0.15, -0.1) is 4.67 Å². The molecule has 8 heteroatoms. The molecule has 0 rings (SSSR count). The number of carboxylic acid groups (broad SMARTS) is 1. The largest absolute Gasteiger partial charge is 0.472 e. The van der Waals surface area contributed by atoms with Crippen molar-refractivity contribution in [3.63, 3.8) is 0 Å². The monoisotopic (exact) mass is 538 g/mol. The molecule has 35 heavy (non-hydrogen) atoms. The first-order chi connectivity index (χ1) is 16.9. The maximum absolute atomic E-state index is 12.4. The van der Waals surface area contributed by atoms with E-state index in [0.29, 0.717) is 6.42 Å². The van der Waals surface area contributed by atoms with Crippen molar-refractivity contribution < 1.29 is 28.6 Å². The second-order valence-electron chi connectivity index (χ2n) is 9.64. The zero-order valence-corrected chi connectivity index (χ0v) is 24.9. The second-order valence-corrected chi connectivity index (χ2v) is 12.8. The van der Waals surface area contributed by atoms with Crippen LogP contribution in [0.3, 0.4) is 0 Å². The lowest BCUT2D eigenvalue weighted by atomic mass is 10.1. The van der Waals surface area contributed by atoms with Crippen LogP contribution in [0.2, 0.25) is 0 Å². The number of hydrogen-bond acceptors (Lipinski definition) is 6. The van der Waals surface area contributed by atoms with Crippen LogP contribution in [0.25, 0.3) is 0 Å². The highest BCUT2D eigenvalue weighted by molar-refractivity contribution is 7.99. The van der Waals surface area contributed by atoms with E-state index in [2.05, 4.69) is 13.8 Å². The number of thioether (sulfide) groups is 1. The molecule has 0 heterocycles. The Hall–Kier alpha value is -0.0700. The van der Waals surface area contributed by atoms with Gasteiger partial charge in [0, 0.05) is 5.25 Å². The Kier molecular flexibility index (Phi) is 24.2. The molecule has 0 bridgehead atoms. The van der Waals surface area contributed by atoms with E-state index in [1.807, 2.05) is 25.6 Å². The minimum Gasteiger partial charge on any atom is -0.472 e. The van der Waals surface area contributed by atoms with Crippen molar-refractivity contribution in [2.45, 2.75) is 155 Å². The highest BCUT2D eigenvalue weighted by atomic mass is 32.2. The second kappa shape index (κ2) is 24.3. The average Bonchev–Trinajstić information content (AvgIpc) is 2.85. The zero-order valence-electron chi connectivity index (χ0n) is 23.1. The minimum atomic E-state index is -4.32. The molecule has 1 N–H and O–H groups in total. The highest BCUT2D eigenvalue weighted by Gasteiger charge is 2.38. The van der Waals surface area contributed by atoms with E-state index in [9.17, 15) is 14.5 Å². The Morgan fingerprint density at radius 2 is 1.26 bits per heavy atom. The van der Waals surface area contributed by atoms with Crippen molar-refractivity contribution in [3.8, 4) is 0 Å². The van der Waals surface area contributed by atoms with Crippen molar-refractivity contribution >= 4 is 25.1 Å². The van der Waals surface area contributed by atoms with E-state index in [0.717, 1.165) is 18.6 Å². The fraction of sp³-hybridized carbons (Fsp3) is 0.963. The molecule has 0 fully saturated rings. The lowest BCUT2D eigenvalue weighted by molar-refractivity contribution is -0.245. The van der Waals surface area contributed by atoms with Gasteiger partial charge in [-0.05, 0) is 31.9 Å². The predicted molar refractivity (Wildman–Crippen MR) is 150 cm³/mol. The van der Waals surface area contributed by atoms with Crippen molar-refractivity contribution in [1.29, 1.82) is 0 Å². The summed E-state index contributed by atoms with van der Waals surface area (Å²) in [7, 11) is -4.32. The van der Waals surface area contributed by atoms with Gasteiger partial charge in [-0.25, -0.2) is 14.2 Å². The minimum absolute atomic E-state index is 0.0516. The van der Waals surface area contributed by atoms with Gasteiger partial charge in [-0.1, -0.05) is 117 Å². The molecule has 0 aliphatic heterocycles. The highest BCUT2D eigenvalue weighted by Crippen LogP contribution is 2.49. The number of hydrogen-bond donors (Lipinski definition) is 1. The van der Waals surface area contributed by atoms with Crippen LogP contribution in [0.1, 0.15) is 143 Å². The van der Waals surface area contributed by atoms with Crippen molar-refractivity contribution in [2.75, 3.05) is 12.4 Å². The van der Waals surface area contributed by atoms with Gasteiger partial charge in [0.05, 0.1) is 6.61 Å². The van der Waals surface area contributed by atoms with Crippen molar-refractivity contribution in [3.05, 3.63) is 0 Å². The smallest absolute Gasteiger partial charge is 0.464 e. The van der Waals surface area contributed by atoms with Gasteiger partial charge in [0.25, 0.3) is 0 Å². The average molecular weight is 539 g/mol. The molecule has 0 saturated carbocycles. The molecule has 0 radical (unpaired) electrons. The number of carbonyl (C=O) groups is 1. The quantitative estimate of drug-likeness (QED) is 0.0482. The van der Waals surface area contributed by atoms with E-state index in [1.165, 1.54) is 96.3 Å². The summed E-state index contributed by atoms with van der Waals surface area (Å²) in [6.07, 6.45) is 21.7. The Balaban J connectivity index is 4.42. The molecule has 0 aromatic carbocycles. The molecule has 0 aliphatic carbocycles. The van der Waals surface area contributed by atoms with E-state index in [1.54, 1.807) is 0 Å². The summed E-state index contributed by atoms with van der Waals surface area (Å²) >= 11 is 1.87. The van der Waals surface area contributed by atoms with Crippen molar-refractivity contribution in [2.24, 2.45) is 0 Å². The predicted octanol–water partition coefficient (Wildman–Crippen LogP) is 10.4. The topological polar surface area (TPSA) is 82.1 Å². The Morgan fingerprint density at radius 1 is 0.771 bits per heavy atom. The normalized spacial score (nSPS) is 15.1. The molecule has 0 aromatic rings. The van der Waals surface area contributed by atoms with Gasteiger partial charge in [-0.3, -0.25) is 4.52 Å². The van der Waals surface area contributed by atoms with Crippen molar-refractivity contribution in [1.82, 2.24) is 0 Å². The lowest BCUT2D eigenvalue weighted by Gasteiger charge is -2.24. The van der Waals surface area contributed by atoms with Gasteiger partial charge in [0.15, 0.2) is 0 Å². The summed E-state index contributed by atoms with van der Waals surface area (Å²) in [5.41, 5.74) is -1.61. The first-order valence-electron chi connectivity index (χ1n) is 14.4. The van der Waals surface area contributed by atoms with Crippen LogP contribution in [0.15, 0.2) is 0 Å². The summed E-state index contributed by atoms with van der Waals surface area (Å²) < 4.78 is 22.3. The van der Waals surface area contributed by atoms with Gasteiger partial charge >= 0.3 is 13.3 Å². The fourth-order valence-electron chi connectivity index (χ4n) is 3.91. The molecule has 210 valence electrons. The molecule has 0 amide bonds. The standard InChI is InChI=1S/C27H55O6PS/c1-5-8-10-12-14-15-16-17-19-21-24-35-26(22-20-18-13-11-9-6-2)25(4)32-33-34(30,27(28)29)31-23-7-3/h25-26H,5-24H2,1-4H3,(H,28,29). The maximum Gasteiger partial charge on any atom is 0.464 e. The van der Waals surface area contributed by atoms with Gasteiger partial charge in [-0.2, -0.15) is 11.8 Å². The third kappa shape index (κ3) is 19.7. The summed E-state index contributed by atoms with van der Waals surface area (Å²) in [5, 5.41) is 9.45. The SMILES string of the molecule is CCCCCCCCCCCCSC(CCCCCCCC)C(C)OOP(=O)(OCCC)C(=O)O. The van der Waals surface area contributed by atoms with Crippen LogP contribution in [-0.4, -0.2) is 34.5 Å². The Morgan fingerprint density at radius 3 is 1.74 bits per heavy atom. The molecule has 0 aromatic heterocycles. The van der Waals surface area contributed by atoms with E-state index in [-0.39, 0.29) is 18.0 Å². The first-order valence-corrected chi connectivity index (χ1v) is 16.9. The Labute approximate surface area is 220 Å². The molecule has 3 unspecified atom stereocenters. The van der Waals surface area contributed by atoms with Crippen LogP contribution >= 0.6 is 19.4 Å². The summed E-state index contributed by atoms with van der Waals surface area (Å²) in [4.78, 5) is 16.8. The molecule has 0 spiro atoms. The summed E-state index contributed by atoms with van der Waals surface area (Å²) in [5.74, 6) is 1.05. The van der Waals surface area contributed by atoms with Gasteiger partial charge in [0.1, 0.15) is 6.10 Å². The zero-order chi connectivity index (χ0) is 26.2. The third-order valence-electron chi connectivity index (χ3n) is 6.19. The number of rotatable bonds is 27. The van der Waals surface area contributed by atoms with Crippen LogP contribution < -0.4 is 0 Å². The van der Waals surface area contributed by atoms with Crippen LogP contribution in [0, 0.1) is 0 Å². The molecule has 0 saturated heterocycles. The Bertz CT molecular complexity index is 534. The molecular formula is C27H55O6PS. The molecular weight excluding hydrogens is 483 g/mol. The molecule has 3 atom stereocenters. The van der Waals surface area contributed by atoms with Gasteiger partial charge < -0.3 is 5.11 Å². The van der Waals surface area contributed by atoms with Crippen LogP contribution in [0.5, 0.6) is 0 Å². The van der Waals surface area contributed by atoms with Crippen LogP contribution in [0.4, 0.5) is 4.79 Å². The maximum atomic E-state index is 12.4. The summed E-state index contributed by atoms with van der Waals surface area (Å²) in [6.45, 7) is 8.22. The molecule has 6 nitrogen and oxygen atoms in total. The van der Waals surface area contributed by atoms with Crippen LogP contribution in [-0.2, 0) is 18.7 Å². The summed E-state index contributed by atoms with van der Waals surface area (Å²) in [6, 6.07) is 0. The first kappa shape index (κ1) is 34.9. The lowest BCUT2D eigenvalue weighted by Crippen LogP contribution is -2.24. The van der Waals surface area contributed by atoms with E-state index in [4.69, 9.17) is 14.1 Å². The fourth-order valence-corrected chi connectivity index (χ4v) is 6.12. The molecule has 0 aliphatic rings. The van der Waals surface area contributed by atoms with E-state index >= 15 is 0 Å². The third-order valence-corrected chi connectivity index (χ3v) is 9.03. The number of unbranched alkanes of at least 4 members (excludes halogenated alkanes) is 14. The van der Waals surface area contributed by atoms with Gasteiger partial charge in [0.2, 0.25) is 0 Å². The van der Waals surface area contributed by atoms with E-state index < -0.39 is 13.3 Å².